The zero-order valence-electron chi connectivity index (χ0n) is 66.7. The van der Waals surface area contributed by atoms with Gasteiger partial charge < -0.3 is 38.5 Å². The Balaban J connectivity index is 0.000000113. The summed E-state index contributed by atoms with van der Waals surface area (Å²) in [7, 11) is 0. The molecule has 25 heteroatoms. The fourth-order valence-corrected chi connectivity index (χ4v) is 20.7. The fourth-order valence-electron chi connectivity index (χ4n) is 19.1. The van der Waals surface area contributed by atoms with Crippen LogP contribution in [-0.4, -0.2) is 168 Å². The van der Waals surface area contributed by atoms with Crippen LogP contribution in [0.15, 0.2) is 218 Å². The van der Waals surface area contributed by atoms with Gasteiger partial charge in [0.2, 0.25) is 23.5 Å². The van der Waals surface area contributed by atoms with E-state index in [-0.39, 0.29) is 71.6 Å². The zero-order chi connectivity index (χ0) is 80.9. The summed E-state index contributed by atoms with van der Waals surface area (Å²) in [5.74, 6) is 3.70. The number of pyridine rings is 4. The Morgan fingerprint density at radius 1 is 0.356 bits per heavy atom. The van der Waals surface area contributed by atoms with Crippen LogP contribution in [0, 0.1) is 64.1 Å². The van der Waals surface area contributed by atoms with E-state index in [4.69, 9.17) is 18.9 Å². The molecule has 0 N–H and O–H groups in total. The molecule has 0 saturated carbocycles. The third-order valence-corrected chi connectivity index (χ3v) is 26.5. The number of amides is 4. The van der Waals surface area contributed by atoms with Gasteiger partial charge >= 0.3 is 0 Å². The summed E-state index contributed by atoms with van der Waals surface area (Å²) in [5, 5.41) is 21.0. The first-order chi connectivity index (χ1) is 57.6. The summed E-state index contributed by atoms with van der Waals surface area (Å²) >= 11 is 3.35. The van der Waals surface area contributed by atoms with Gasteiger partial charge in [-0.25, -0.2) is 24.3 Å². The highest BCUT2D eigenvalue weighted by atomic mass is 32.1. The summed E-state index contributed by atoms with van der Waals surface area (Å²) in [6, 6.07) is 52.4. The Morgan fingerprint density at radius 2 is 0.669 bits per heavy atom. The highest BCUT2D eigenvalue weighted by Gasteiger charge is 2.53. The monoisotopic (exact) mass is 1620 g/mol. The standard InChI is InChI=1S/2C24H24N2O2S.C23H25N5O2.C22H22FN5O2/c2*1-16-8-11-23(25-14-16)28-15-17-13-18-9-10-21(17)26(18)24(27)20-6-3-2-5-19(20)22-7-4-12-29-22;1-15-3-6-21(28-25-9-10-26-28)19(11-15)23(29)27-18-5-7-20(27)17(12-18)14-30-22-8-4-16(2)13-24-22;1-14-2-5-20(28-25-8-9-26-28)18(10-14)22(29)27-17-4-6-19(27)15(11-17)13-30-21-7-3-16(23)12-24-21/h2*2-8,11-12,14,17-18,21H,9-10,13,15H2,1H3;3-4,6,8-11,13,17-18,20H,5,7,12,14H2,1-2H3;2-3,5,7-10,12,15,17,19H,4,6,11,13H2,1H3. The molecule has 16 heterocycles. The number of rotatable bonds is 20. The summed E-state index contributed by atoms with van der Waals surface area (Å²) in [5.41, 5.74) is 11.8. The molecule has 118 heavy (non-hydrogen) atoms. The summed E-state index contributed by atoms with van der Waals surface area (Å²) in [4.78, 5) is 85.0. The van der Waals surface area contributed by atoms with Crippen molar-refractivity contribution >= 4 is 46.3 Å². The minimum absolute atomic E-state index is 0.0147. The highest BCUT2D eigenvalue weighted by Crippen LogP contribution is 2.48. The van der Waals surface area contributed by atoms with Crippen molar-refractivity contribution in [1.82, 2.24) is 69.5 Å². The first kappa shape index (κ1) is 78.7. The predicted molar refractivity (Wildman–Crippen MR) is 449 cm³/mol. The van der Waals surface area contributed by atoms with Crippen LogP contribution in [0.5, 0.6) is 23.5 Å². The van der Waals surface area contributed by atoms with E-state index < -0.39 is 0 Å². The van der Waals surface area contributed by atoms with Crippen LogP contribution in [0.4, 0.5) is 4.39 Å². The van der Waals surface area contributed by atoms with E-state index in [9.17, 15) is 23.6 Å². The maximum atomic E-state index is 13.6. The smallest absolute Gasteiger partial charge is 0.256 e. The lowest BCUT2D eigenvalue weighted by atomic mass is 9.90. The Hall–Kier alpha value is -11.8. The molecule has 0 radical (unpaired) electrons. The molecule has 0 spiro atoms. The van der Waals surface area contributed by atoms with Crippen molar-refractivity contribution in [3.8, 4) is 55.8 Å². The number of carbonyl (C=O) groups is 4. The first-order valence-electron chi connectivity index (χ1n) is 41.0. The topological polar surface area (TPSA) is 231 Å². The Morgan fingerprint density at radius 3 is 0.975 bits per heavy atom. The number of aromatic nitrogens is 10. The van der Waals surface area contributed by atoms with Gasteiger partial charge in [-0.1, -0.05) is 90.0 Å². The van der Waals surface area contributed by atoms with Gasteiger partial charge in [0.05, 0.1) is 79.9 Å². The quantitative estimate of drug-likeness (QED) is 0.0690. The van der Waals surface area contributed by atoms with E-state index in [0.29, 0.717) is 96.6 Å². The van der Waals surface area contributed by atoms with E-state index in [2.05, 4.69) is 90.1 Å². The number of hydrogen-bond acceptors (Lipinski definition) is 18. The molecule has 8 bridgehead atoms. The molecule has 8 saturated heterocycles. The summed E-state index contributed by atoms with van der Waals surface area (Å²) in [6.07, 6.45) is 25.3. The average molecular weight is 1620 g/mol. The number of aryl methyl sites for hydroxylation is 5. The van der Waals surface area contributed by atoms with Crippen molar-refractivity contribution in [3.05, 3.63) is 274 Å². The maximum Gasteiger partial charge on any atom is 0.256 e. The lowest BCUT2D eigenvalue weighted by Crippen LogP contribution is -2.38. The summed E-state index contributed by atoms with van der Waals surface area (Å²) in [6.45, 7) is 12.3. The fraction of sp³-hybridized carbons (Fsp3) is 0.355. The summed E-state index contributed by atoms with van der Waals surface area (Å²) < 4.78 is 36.7. The molecule has 0 aliphatic carbocycles. The second-order valence-electron chi connectivity index (χ2n) is 32.3. The SMILES string of the molecule is Cc1ccc(-n2nccn2)c(C(=O)N2C3CCC2C(COc2ccc(F)cn2)C3)c1.Cc1ccc(OCC2CC3CCC2N3C(=O)c2cc(C)ccc2-n2nccn2)nc1.Cc1ccc(OCC2CC3CCC2N3C(=O)c2ccccc2-c2cccs2)nc1.Cc1ccc(OCC2CC3CCC2N3C(=O)c2ccccc2-c2cccs2)nc1. The molecule has 8 aliphatic rings. The molecule has 8 aliphatic heterocycles. The van der Waals surface area contributed by atoms with Crippen molar-refractivity contribution in [3.63, 3.8) is 0 Å². The molecule has 4 amide bonds. The van der Waals surface area contributed by atoms with Gasteiger partial charge in [-0.2, -0.15) is 30.0 Å². The number of benzene rings is 4. The van der Waals surface area contributed by atoms with E-state index in [1.807, 2.05) is 179 Å². The van der Waals surface area contributed by atoms with Crippen LogP contribution >= 0.6 is 22.7 Å². The van der Waals surface area contributed by atoms with E-state index in [1.165, 1.54) is 21.7 Å². The third-order valence-electron chi connectivity index (χ3n) is 24.7. The van der Waals surface area contributed by atoms with E-state index >= 15 is 0 Å². The largest absolute Gasteiger partial charge is 0.477 e. The molecule has 12 atom stereocenters. The van der Waals surface area contributed by atoms with Crippen molar-refractivity contribution in [2.24, 2.45) is 23.7 Å². The Bertz CT molecular complexity index is 5120. The van der Waals surface area contributed by atoms with Crippen molar-refractivity contribution in [2.75, 3.05) is 26.4 Å². The molecule has 8 aromatic heterocycles. The van der Waals surface area contributed by atoms with E-state index in [1.54, 1.807) is 47.5 Å². The molecule has 20 rings (SSSR count). The second kappa shape index (κ2) is 35.2. The molecule has 12 aromatic rings. The highest BCUT2D eigenvalue weighted by molar-refractivity contribution is 7.13. The van der Waals surface area contributed by atoms with Crippen LogP contribution in [0.25, 0.3) is 32.3 Å². The van der Waals surface area contributed by atoms with Crippen LogP contribution in [0.3, 0.4) is 0 Å². The Kier molecular flexibility index (Phi) is 23.4. The average Bonchev–Trinajstić information content (AvgIpc) is 1.63. The molecule has 8 fully saturated rings. The van der Waals surface area contributed by atoms with E-state index in [0.717, 1.165) is 149 Å². The molecule has 4 aromatic carbocycles. The first-order valence-corrected chi connectivity index (χ1v) is 42.8. The second-order valence-corrected chi connectivity index (χ2v) is 34.2. The molecule has 12 unspecified atom stereocenters. The zero-order valence-corrected chi connectivity index (χ0v) is 68.4. The number of hydrogen-bond donors (Lipinski definition) is 0. The van der Waals surface area contributed by atoms with Gasteiger partial charge in [0, 0.05) is 147 Å². The number of halogens is 1. The van der Waals surface area contributed by atoms with Crippen molar-refractivity contribution in [1.29, 1.82) is 0 Å². The minimum atomic E-state index is -0.389. The number of carbonyl (C=O) groups excluding carboxylic acids is 4. The van der Waals surface area contributed by atoms with Gasteiger partial charge in [-0.05, 0) is 194 Å². The van der Waals surface area contributed by atoms with Crippen LogP contribution < -0.4 is 18.9 Å². The lowest BCUT2D eigenvalue weighted by Gasteiger charge is -2.25. The van der Waals surface area contributed by atoms with Crippen LogP contribution in [0.2, 0.25) is 0 Å². The normalized spacial score (nSPS) is 22.6. The molecule has 604 valence electrons. The van der Waals surface area contributed by atoms with Crippen LogP contribution in [-0.2, 0) is 0 Å². The number of nitrogens with zero attached hydrogens (tertiary/aromatic N) is 14. The number of thiophene rings is 2. The maximum absolute atomic E-state index is 13.6. The van der Waals surface area contributed by atoms with Gasteiger partial charge in [-0.15, -0.1) is 22.7 Å². The molecular formula is C93H95FN14O8S2. The third kappa shape index (κ3) is 16.9. The predicted octanol–water partition coefficient (Wildman–Crippen LogP) is 16.9. The van der Waals surface area contributed by atoms with Crippen LogP contribution in [0.1, 0.15) is 146 Å². The van der Waals surface area contributed by atoms with Crippen molar-refractivity contribution in [2.45, 2.75) is 160 Å². The molecular weight excluding hydrogens is 1520 g/mol. The minimum Gasteiger partial charge on any atom is -0.477 e. The number of ether oxygens (including phenoxy) is 4. The van der Waals surface area contributed by atoms with Gasteiger partial charge in [0.15, 0.2) is 0 Å². The van der Waals surface area contributed by atoms with Gasteiger partial charge in [0.25, 0.3) is 23.6 Å². The Labute approximate surface area is 694 Å². The molecule has 22 nitrogen and oxygen atoms in total. The number of fused-ring (bicyclic) bond motifs is 8. The lowest BCUT2D eigenvalue weighted by molar-refractivity contribution is 0.0701. The van der Waals surface area contributed by atoms with Gasteiger partial charge in [-0.3, -0.25) is 19.2 Å². The van der Waals surface area contributed by atoms with Gasteiger partial charge in [0.1, 0.15) is 5.82 Å². The van der Waals surface area contributed by atoms with Crippen molar-refractivity contribution < 1.29 is 42.5 Å².